The third-order valence-electron chi connectivity index (χ3n) is 5.94. The molecule has 158 valence electrons. The van der Waals surface area contributed by atoms with Gasteiger partial charge in [-0.25, -0.2) is 4.98 Å². The summed E-state index contributed by atoms with van der Waals surface area (Å²) in [5.41, 5.74) is 2.97. The van der Waals surface area contributed by atoms with Gasteiger partial charge in [0.25, 0.3) is 0 Å². The standard InChI is InChI=1S/C25H25N3O3/c1-30-24-12-11-19(14-26-24)15-27-17-20-13-22(27)25(29)28(16-18-7-3-2-4-8-18)21-9-5-6-10-23(21)31-20/h2-12,14,20,22H,13,15-17H2,1H3/t20-,22-/m0/s1. The van der Waals surface area contributed by atoms with Crippen molar-refractivity contribution in [3.8, 4) is 11.6 Å². The average Bonchev–Trinajstić information content (AvgIpc) is 3.21. The number of rotatable bonds is 5. The minimum absolute atomic E-state index is 0.0137. The number of hydrogen-bond donors (Lipinski definition) is 0. The molecule has 2 aromatic carbocycles. The van der Waals surface area contributed by atoms with Crippen molar-refractivity contribution in [3.63, 3.8) is 0 Å². The first-order chi connectivity index (χ1) is 15.2. The van der Waals surface area contributed by atoms with Crippen LogP contribution < -0.4 is 14.4 Å². The predicted octanol–water partition coefficient (Wildman–Crippen LogP) is 3.66. The van der Waals surface area contributed by atoms with Crippen LogP contribution in [0.1, 0.15) is 17.5 Å². The zero-order valence-corrected chi connectivity index (χ0v) is 17.5. The van der Waals surface area contributed by atoms with Crippen LogP contribution in [0.5, 0.6) is 11.6 Å². The third-order valence-corrected chi connectivity index (χ3v) is 5.94. The third kappa shape index (κ3) is 3.99. The number of pyridine rings is 1. The summed E-state index contributed by atoms with van der Waals surface area (Å²) in [6.07, 6.45) is 2.48. The minimum atomic E-state index is -0.232. The highest BCUT2D eigenvalue weighted by molar-refractivity contribution is 5.99. The molecule has 0 spiro atoms. The molecule has 1 aromatic heterocycles. The number of aromatic nitrogens is 1. The number of para-hydroxylation sites is 2. The molecule has 6 heteroatoms. The van der Waals surface area contributed by atoms with Crippen molar-refractivity contribution >= 4 is 11.6 Å². The molecular weight excluding hydrogens is 390 g/mol. The van der Waals surface area contributed by atoms with Gasteiger partial charge in [0.05, 0.1) is 25.4 Å². The van der Waals surface area contributed by atoms with E-state index in [1.54, 1.807) is 7.11 Å². The van der Waals surface area contributed by atoms with Gasteiger partial charge in [-0.2, -0.15) is 0 Å². The number of ether oxygens (including phenoxy) is 2. The molecule has 3 heterocycles. The first-order valence-corrected chi connectivity index (χ1v) is 10.6. The smallest absolute Gasteiger partial charge is 0.244 e. The number of carbonyl (C=O) groups is 1. The molecule has 0 saturated carbocycles. The van der Waals surface area contributed by atoms with E-state index in [-0.39, 0.29) is 18.1 Å². The van der Waals surface area contributed by atoms with Crippen molar-refractivity contribution in [1.82, 2.24) is 9.88 Å². The highest BCUT2D eigenvalue weighted by Crippen LogP contribution is 2.37. The van der Waals surface area contributed by atoms with Gasteiger partial charge in [0.1, 0.15) is 11.9 Å². The van der Waals surface area contributed by atoms with E-state index in [1.807, 2.05) is 77.8 Å². The summed E-state index contributed by atoms with van der Waals surface area (Å²) in [7, 11) is 1.60. The van der Waals surface area contributed by atoms with Crippen molar-refractivity contribution in [1.29, 1.82) is 0 Å². The lowest BCUT2D eigenvalue weighted by Gasteiger charge is -2.32. The normalized spacial score (nSPS) is 20.5. The van der Waals surface area contributed by atoms with Gasteiger partial charge >= 0.3 is 0 Å². The molecule has 5 rings (SSSR count). The molecule has 0 N–H and O–H groups in total. The predicted molar refractivity (Wildman–Crippen MR) is 118 cm³/mol. The monoisotopic (exact) mass is 415 g/mol. The van der Waals surface area contributed by atoms with Crippen LogP contribution in [0.4, 0.5) is 5.69 Å². The number of benzene rings is 2. The molecule has 2 aliphatic rings. The molecule has 3 aromatic rings. The van der Waals surface area contributed by atoms with Crippen molar-refractivity contribution in [2.45, 2.75) is 31.7 Å². The van der Waals surface area contributed by atoms with Crippen molar-refractivity contribution in [2.75, 3.05) is 18.6 Å². The molecule has 0 unspecified atom stereocenters. The fraction of sp³-hybridized carbons (Fsp3) is 0.280. The van der Waals surface area contributed by atoms with Gasteiger partial charge in [0, 0.05) is 31.8 Å². The van der Waals surface area contributed by atoms with E-state index >= 15 is 0 Å². The minimum Gasteiger partial charge on any atom is -0.487 e. The van der Waals surface area contributed by atoms with E-state index < -0.39 is 0 Å². The summed E-state index contributed by atoms with van der Waals surface area (Å²) in [6, 6.07) is 21.5. The fourth-order valence-electron chi connectivity index (χ4n) is 4.43. The van der Waals surface area contributed by atoms with Crippen molar-refractivity contribution in [3.05, 3.63) is 84.1 Å². The Balaban J connectivity index is 1.45. The van der Waals surface area contributed by atoms with Gasteiger partial charge in [-0.1, -0.05) is 48.5 Å². The lowest BCUT2D eigenvalue weighted by Crippen LogP contribution is -2.45. The van der Waals surface area contributed by atoms with Crippen LogP contribution in [0.25, 0.3) is 0 Å². The summed E-state index contributed by atoms with van der Waals surface area (Å²) in [5.74, 6) is 1.47. The SMILES string of the molecule is COc1ccc(CN2C[C@@H]3C[C@H]2C(=O)N(Cc2ccccc2)c2ccccc2O3)cn1. The Kier molecular flexibility index (Phi) is 5.30. The molecule has 1 saturated heterocycles. The molecule has 2 atom stereocenters. The van der Waals surface area contributed by atoms with E-state index in [0.717, 1.165) is 22.6 Å². The van der Waals surface area contributed by atoms with Crippen LogP contribution in [-0.4, -0.2) is 41.6 Å². The zero-order valence-electron chi connectivity index (χ0n) is 17.5. The Morgan fingerprint density at radius 3 is 2.58 bits per heavy atom. The van der Waals surface area contributed by atoms with Gasteiger partial charge in [0.15, 0.2) is 0 Å². The molecule has 0 radical (unpaired) electrons. The Morgan fingerprint density at radius 1 is 1.00 bits per heavy atom. The van der Waals surface area contributed by atoms with Crippen LogP contribution in [0, 0.1) is 0 Å². The van der Waals surface area contributed by atoms with Crippen LogP contribution in [0.15, 0.2) is 72.9 Å². The molecule has 31 heavy (non-hydrogen) atoms. The first kappa shape index (κ1) is 19.6. The Hall–Kier alpha value is -3.38. The first-order valence-electron chi connectivity index (χ1n) is 10.6. The molecule has 1 fully saturated rings. The second-order valence-corrected chi connectivity index (χ2v) is 8.01. The number of methoxy groups -OCH3 is 1. The second-order valence-electron chi connectivity index (χ2n) is 8.01. The quantitative estimate of drug-likeness (QED) is 0.637. The molecule has 6 nitrogen and oxygen atoms in total. The van der Waals surface area contributed by atoms with Gasteiger partial charge in [-0.15, -0.1) is 0 Å². The molecular formula is C25H25N3O3. The molecule has 2 aliphatic heterocycles. The van der Waals surface area contributed by atoms with Crippen molar-refractivity contribution < 1.29 is 14.3 Å². The largest absolute Gasteiger partial charge is 0.487 e. The number of fused-ring (bicyclic) bond motifs is 3. The zero-order chi connectivity index (χ0) is 21.2. The Labute approximate surface area is 182 Å². The number of likely N-dealkylation sites (tertiary alicyclic amines) is 1. The Bertz CT molecular complexity index is 1060. The number of amides is 1. The molecule has 1 amide bonds. The van der Waals surface area contributed by atoms with E-state index in [9.17, 15) is 4.79 Å². The van der Waals surface area contributed by atoms with E-state index in [0.29, 0.717) is 31.9 Å². The van der Waals surface area contributed by atoms with Gasteiger partial charge < -0.3 is 14.4 Å². The van der Waals surface area contributed by atoms with E-state index in [1.165, 1.54) is 0 Å². The summed E-state index contributed by atoms with van der Waals surface area (Å²) in [5, 5.41) is 0. The number of hydrogen-bond acceptors (Lipinski definition) is 5. The Morgan fingerprint density at radius 2 is 1.81 bits per heavy atom. The highest BCUT2D eigenvalue weighted by atomic mass is 16.5. The van der Waals surface area contributed by atoms with Crippen LogP contribution in [0.2, 0.25) is 0 Å². The number of anilines is 1. The van der Waals surface area contributed by atoms with Crippen LogP contribution in [0.3, 0.4) is 0 Å². The molecule has 2 bridgehead atoms. The second kappa shape index (κ2) is 8.40. The fourth-order valence-corrected chi connectivity index (χ4v) is 4.43. The summed E-state index contributed by atoms with van der Waals surface area (Å²) < 4.78 is 11.5. The summed E-state index contributed by atoms with van der Waals surface area (Å²) in [4.78, 5) is 22.2. The van der Waals surface area contributed by atoms with Crippen LogP contribution >= 0.6 is 0 Å². The van der Waals surface area contributed by atoms with Gasteiger partial charge in [-0.3, -0.25) is 9.69 Å². The lowest BCUT2D eigenvalue weighted by molar-refractivity contribution is -0.123. The highest BCUT2D eigenvalue weighted by Gasteiger charge is 2.42. The van der Waals surface area contributed by atoms with Crippen molar-refractivity contribution in [2.24, 2.45) is 0 Å². The maximum Gasteiger partial charge on any atom is 0.244 e. The summed E-state index contributed by atoms with van der Waals surface area (Å²) >= 11 is 0. The maximum atomic E-state index is 13.8. The van der Waals surface area contributed by atoms with E-state index in [4.69, 9.17) is 9.47 Å². The lowest BCUT2D eigenvalue weighted by atomic mass is 10.1. The maximum absolute atomic E-state index is 13.8. The van der Waals surface area contributed by atoms with Crippen LogP contribution in [-0.2, 0) is 17.9 Å². The summed E-state index contributed by atoms with van der Waals surface area (Å²) in [6.45, 7) is 1.86. The molecule has 0 aliphatic carbocycles. The van der Waals surface area contributed by atoms with Gasteiger partial charge in [0.2, 0.25) is 11.8 Å². The average molecular weight is 415 g/mol. The number of nitrogens with zero attached hydrogens (tertiary/aromatic N) is 3. The number of carbonyl (C=O) groups excluding carboxylic acids is 1. The van der Waals surface area contributed by atoms with E-state index in [2.05, 4.69) is 9.88 Å². The van der Waals surface area contributed by atoms with Gasteiger partial charge in [-0.05, 0) is 23.3 Å². The topological polar surface area (TPSA) is 54.9 Å².